The van der Waals surface area contributed by atoms with Gasteiger partial charge in [0, 0.05) is 10.1 Å². The van der Waals surface area contributed by atoms with E-state index in [9.17, 15) is 4.39 Å². The average molecular weight is 292 g/mol. The smallest absolute Gasteiger partial charge is 0.141 e. The molecule has 0 saturated carbocycles. The molecular formula is C15H11ClFNS. The molecule has 2 aromatic carbocycles. The molecule has 0 aliphatic rings. The fourth-order valence-corrected chi connectivity index (χ4v) is 2.82. The first-order chi connectivity index (χ1) is 9.10. The third kappa shape index (κ3) is 3.50. The summed E-state index contributed by atoms with van der Waals surface area (Å²) in [5, 5.41) is 9.04. The zero-order chi connectivity index (χ0) is 13.8. The van der Waals surface area contributed by atoms with Crippen LogP contribution >= 0.6 is 23.4 Å². The third-order valence-electron chi connectivity index (χ3n) is 2.71. The second-order valence-corrected chi connectivity index (χ2v) is 5.89. The topological polar surface area (TPSA) is 23.8 Å². The van der Waals surface area contributed by atoms with Crippen molar-refractivity contribution in [3.8, 4) is 6.07 Å². The molecule has 1 nitrogen and oxygen atoms in total. The maximum atomic E-state index is 13.1. The van der Waals surface area contributed by atoms with Gasteiger partial charge in [0.2, 0.25) is 0 Å². The Balaban J connectivity index is 2.13. The van der Waals surface area contributed by atoms with Crippen LogP contribution < -0.4 is 0 Å². The van der Waals surface area contributed by atoms with Crippen LogP contribution in [0.4, 0.5) is 4.39 Å². The maximum Gasteiger partial charge on any atom is 0.141 e. The molecule has 19 heavy (non-hydrogen) atoms. The average Bonchev–Trinajstić information content (AvgIpc) is 2.42. The summed E-state index contributed by atoms with van der Waals surface area (Å²) in [6.45, 7) is 2.03. The Morgan fingerprint density at radius 3 is 2.47 bits per heavy atom. The molecule has 2 aromatic rings. The summed E-state index contributed by atoms with van der Waals surface area (Å²) in [5.41, 5.74) is 1.61. The highest BCUT2D eigenvalue weighted by Crippen LogP contribution is 2.35. The van der Waals surface area contributed by atoms with E-state index >= 15 is 0 Å². The lowest BCUT2D eigenvalue weighted by Crippen LogP contribution is -1.90. The van der Waals surface area contributed by atoms with Gasteiger partial charge in [0.1, 0.15) is 5.82 Å². The quantitative estimate of drug-likeness (QED) is 0.725. The second kappa shape index (κ2) is 6.10. The highest BCUT2D eigenvalue weighted by molar-refractivity contribution is 7.99. The molecule has 0 radical (unpaired) electrons. The van der Waals surface area contributed by atoms with Crippen LogP contribution in [0.2, 0.25) is 5.02 Å². The Bertz CT molecular complexity index is 619. The van der Waals surface area contributed by atoms with E-state index in [1.54, 1.807) is 36.0 Å². The number of benzene rings is 2. The van der Waals surface area contributed by atoms with Gasteiger partial charge in [-0.15, -0.1) is 11.8 Å². The SMILES string of the molecule is CC(Sc1ccc(C#N)cc1)c1ccc(F)c(Cl)c1. The molecule has 0 saturated heterocycles. The van der Waals surface area contributed by atoms with E-state index in [1.165, 1.54) is 6.07 Å². The largest absolute Gasteiger partial charge is 0.205 e. The summed E-state index contributed by atoms with van der Waals surface area (Å²) in [6, 6.07) is 14.2. The molecule has 0 spiro atoms. The predicted octanol–water partition coefficient (Wildman–Crippen LogP) is 5.20. The van der Waals surface area contributed by atoms with Crippen molar-refractivity contribution >= 4 is 23.4 Å². The monoisotopic (exact) mass is 291 g/mol. The minimum Gasteiger partial charge on any atom is -0.205 e. The first-order valence-electron chi connectivity index (χ1n) is 5.72. The predicted molar refractivity (Wildman–Crippen MR) is 76.8 cm³/mol. The van der Waals surface area contributed by atoms with Gasteiger partial charge < -0.3 is 0 Å². The van der Waals surface area contributed by atoms with Gasteiger partial charge in [-0.1, -0.05) is 17.7 Å². The molecule has 0 aliphatic carbocycles. The van der Waals surface area contributed by atoms with Gasteiger partial charge in [0.15, 0.2) is 0 Å². The standard InChI is InChI=1S/C15H11ClFNS/c1-10(12-4-7-15(17)14(16)8-12)19-13-5-2-11(9-18)3-6-13/h2-8,10H,1H3. The second-order valence-electron chi connectivity index (χ2n) is 4.07. The van der Waals surface area contributed by atoms with E-state index in [-0.39, 0.29) is 10.3 Å². The van der Waals surface area contributed by atoms with Gasteiger partial charge in [-0.3, -0.25) is 0 Å². The molecule has 0 heterocycles. The molecule has 96 valence electrons. The van der Waals surface area contributed by atoms with E-state index < -0.39 is 5.82 Å². The zero-order valence-electron chi connectivity index (χ0n) is 10.2. The number of nitrogens with zero attached hydrogens (tertiary/aromatic N) is 1. The van der Waals surface area contributed by atoms with Gasteiger partial charge in [0.05, 0.1) is 16.7 Å². The Morgan fingerprint density at radius 2 is 1.89 bits per heavy atom. The van der Waals surface area contributed by atoms with Crippen molar-refractivity contribution in [1.82, 2.24) is 0 Å². The van der Waals surface area contributed by atoms with E-state index in [0.29, 0.717) is 5.56 Å². The lowest BCUT2D eigenvalue weighted by molar-refractivity contribution is 0.627. The summed E-state index contributed by atoms with van der Waals surface area (Å²) in [4.78, 5) is 1.06. The molecule has 0 aromatic heterocycles. The minimum atomic E-state index is -0.402. The van der Waals surface area contributed by atoms with Gasteiger partial charge in [-0.2, -0.15) is 5.26 Å². The van der Waals surface area contributed by atoms with Crippen molar-refractivity contribution in [2.45, 2.75) is 17.1 Å². The molecule has 4 heteroatoms. The van der Waals surface area contributed by atoms with Crippen LogP contribution in [-0.4, -0.2) is 0 Å². The van der Waals surface area contributed by atoms with Gasteiger partial charge in [-0.25, -0.2) is 4.39 Å². The van der Waals surface area contributed by atoms with Crippen LogP contribution in [0.1, 0.15) is 23.3 Å². The Labute approximate surface area is 121 Å². The molecule has 0 fully saturated rings. The summed E-state index contributed by atoms with van der Waals surface area (Å²) in [7, 11) is 0. The molecular weight excluding hydrogens is 281 g/mol. The van der Waals surface area contributed by atoms with Crippen LogP contribution in [0, 0.1) is 17.1 Å². The molecule has 0 bridgehead atoms. The highest BCUT2D eigenvalue weighted by atomic mass is 35.5. The number of rotatable bonds is 3. The third-order valence-corrected chi connectivity index (χ3v) is 4.17. The highest BCUT2D eigenvalue weighted by Gasteiger charge is 2.10. The number of thioether (sulfide) groups is 1. The van der Waals surface area contributed by atoms with Crippen LogP contribution in [0.3, 0.4) is 0 Å². The van der Waals surface area contributed by atoms with Crippen molar-refractivity contribution in [3.63, 3.8) is 0 Å². The summed E-state index contributed by atoms with van der Waals surface area (Å²) < 4.78 is 13.1. The van der Waals surface area contributed by atoms with Crippen molar-refractivity contribution in [2.24, 2.45) is 0 Å². The first-order valence-corrected chi connectivity index (χ1v) is 6.97. The Hall–Kier alpha value is -1.50. The molecule has 1 unspecified atom stereocenters. The number of hydrogen-bond acceptors (Lipinski definition) is 2. The fourth-order valence-electron chi connectivity index (χ4n) is 1.65. The molecule has 2 rings (SSSR count). The van der Waals surface area contributed by atoms with Crippen LogP contribution in [0.15, 0.2) is 47.4 Å². The zero-order valence-corrected chi connectivity index (χ0v) is 11.8. The summed E-state index contributed by atoms with van der Waals surface area (Å²) >= 11 is 7.42. The maximum absolute atomic E-state index is 13.1. The summed E-state index contributed by atoms with van der Waals surface area (Å²) in [6.07, 6.45) is 0. The number of hydrogen-bond donors (Lipinski definition) is 0. The molecule has 0 aliphatic heterocycles. The lowest BCUT2D eigenvalue weighted by atomic mass is 10.2. The van der Waals surface area contributed by atoms with Crippen LogP contribution in [0.25, 0.3) is 0 Å². The molecule has 0 N–H and O–H groups in total. The minimum absolute atomic E-state index is 0.143. The first kappa shape index (κ1) is 13.9. The van der Waals surface area contributed by atoms with Crippen LogP contribution in [-0.2, 0) is 0 Å². The molecule has 0 amide bonds. The van der Waals surface area contributed by atoms with Gasteiger partial charge in [-0.05, 0) is 48.9 Å². The van der Waals surface area contributed by atoms with Crippen molar-refractivity contribution < 1.29 is 4.39 Å². The van der Waals surface area contributed by atoms with E-state index in [2.05, 4.69) is 6.07 Å². The van der Waals surface area contributed by atoms with E-state index in [0.717, 1.165) is 10.5 Å². The normalized spacial score (nSPS) is 11.9. The van der Waals surface area contributed by atoms with Gasteiger partial charge in [0.25, 0.3) is 0 Å². The summed E-state index contributed by atoms with van der Waals surface area (Å²) in [5.74, 6) is -0.402. The Kier molecular flexibility index (Phi) is 4.47. The van der Waals surface area contributed by atoms with E-state index in [1.807, 2.05) is 19.1 Å². The van der Waals surface area contributed by atoms with Crippen molar-refractivity contribution in [2.75, 3.05) is 0 Å². The van der Waals surface area contributed by atoms with Gasteiger partial charge >= 0.3 is 0 Å². The van der Waals surface area contributed by atoms with E-state index in [4.69, 9.17) is 16.9 Å². The number of nitriles is 1. The molecule has 1 atom stereocenters. The van der Waals surface area contributed by atoms with Crippen LogP contribution in [0.5, 0.6) is 0 Å². The van der Waals surface area contributed by atoms with Crippen molar-refractivity contribution in [1.29, 1.82) is 5.26 Å². The van der Waals surface area contributed by atoms with Crippen molar-refractivity contribution in [3.05, 3.63) is 64.4 Å². The number of halogens is 2. The fraction of sp³-hybridized carbons (Fsp3) is 0.133. The Morgan fingerprint density at radius 1 is 1.21 bits per heavy atom. The lowest BCUT2D eigenvalue weighted by Gasteiger charge is -2.12.